The topological polar surface area (TPSA) is 57.3 Å². The van der Waals surface area contributed by atoms with Crippen molar-refractivity contribution in [2.75, 3.05) is 29.9 Å². The molecule has 0 aromatic carbocycles. The highest BCUT2D eigenvalue weighted by Crippen LogP contribution is 2.19. The number of amides is 1. The predicted molar refractivity (Wildman–Crippen MR) is 80.0 cm³/mol. The van der Waals surface area contributed by atoms with Crippen molar-refractivity contribution in [1.29, 1.82) is 0 Å². The number of carbonyl (C=O) groups is 1. The van der Waals surface area contributed by atoms with E-state index in [1.54, 1.807) is 6.20 Å². The second-order valence-electron chi connectivity index (χ2n) is 5.59. The van der Waals surface area contributed by atoms with Gasteiger partial charge in [0.15, 0.2) is 0 Å². The van der Waals surface area contributed by atoms with Gasteiger partial charge in [-0.05, 0) is 50.8 Å². The van der Waals surface area contributed by atoms with Gasteiger partial charge in [-0.15, -0.1) is 0 Å². The number of anilines is 2. The average Bonchev–Trinajstić information content (AvgIpc) is 3.03. The van der Waals surface area contributed by atoms with Crippen LogP contribution in [0.5, 0.6) is 0 Å². The minimum atomic E-state index is -0.0447. The Morgan fingerprint density at radius 2 is 2.10 bits per heavy atom. The molecule has 20 heavy (non-hydrogen) atoms. The first-order valence-electron chi connectivity index (χ1n) is 7.58. The van der Waals surface area contributed by atoms with Crippen molar-refractivity contribution < 1.29 is 4.79 Å². The maximum absolute atomic E-state index is 12.0. The number of hydrogen-bond donors (Lipinski definition) is 2. The lowest BCUT2D eigenvalue weighted by Gasteiger charge is -2.27. The van der Waals surface area contributed by atoms with E-state index < -0.39 is 0 Å². The summed E-state index contributed by atoms with van der Waals surface area (Å²) in [6.45, 7) is 3.11. The number of rotatable bonds is 3. The first-order valence-corrected chi connectivity index (χ1v) is 7.58. The monoisotopic (exact) mass is 274 g/mol. The number of aromatic nitrogens is 1. The van der Waals surface area contributed by atoms with Gasteiger partial charge in [-0.25, -0.2) is 4.98 Å². The molecule has 1 aromatic rings. The van der Waals surface area contributed by atoms with Crippen LogP contribution in [0.25, 0.3) is 0 Å². The first-order chi connectivity index (χ1) is 9.83. The molecule has 2 aliphatic heterocycles. The molecule has 2 N–H and O–H groups in total. The molecule has 2 fully saturated rings. The molecule has 3 rings (SSSR count). The molecular weight excluding hydrogens is 252 g/mol. The van der Waals surface area contributed by atoms with Crippen molar-refractivity contribution in [2.24, 2.45) is 0 Å². The van der Waals surface area contributed by atoms with Crippen LogP contribution < -0.4 is 15.5 Å². The fourth-order valence-corrected chi connectivity index (χ4v) is 2.91. The van der Waals surface area contributed by atoms with E-state index in [4.69, 9.17) is 0 Å². The van der Waals surface area contributed by atoms with Crippen LogP contribution in [-0.4, -0.2) is 36.6 Å². The summed E-state index contributed by atoms with van der Waals surface area (Å²) in [6, 6.07) is 3.91. The molecule has 2 aliphatic rings. The molecule has 0 spiro atoms. The first kappa shape index (κ1) is 13.4. The molecule has 0 saturated carbocycles. The maximum Gasteiger partial charge on any atom is 0.241 e. The summed E-state index contributed by atoms with van der Waals surface area (Å²) in [6.07, 6.45) is 7.56. The van der Waals surface area contributed by atoms with Crippen molar-refractivity contribution >= 4 is 17.4 Å². The lowest BCUT2D eigenvalue weighted by Crippen LogP contribution is -2.35. The highest BCUT2D eigenvalue weighted by molar-refractivity contribution is 5.94. The standard InChI is InChI=1S/C15H22N4O/c20-15(13-5-4-8-16-13)18-12-6-7-14(17-11-12)19-9-2-1-3-10-19/h6-7,11,13,16H,1-5,8-10H2,(H,18,20)/t13-/m1/s1. The van der Waals surface area contributed by atoms with E-state index in [0.717, 1.165) is 44.0 Å². The third-order valence-corrected chi connectivity index (χ3v) is 4.07. The summed E-state index contributed by atoms with van der Waals surface area (Å²) in [5.41, 5.74) is 0.782. The fourth-order valence-electron chi connectivity index (χ4n) is 2.91. The van der Waals surface area contributed by atoms with E-state index in [-0.39, 0.29) is 11.9 Å². The van der Waals surface area contributed by atoms with Gasteiger partial charge in [-0.3, -0.25) is 4.79 Å². The summed E-state index contributed by atoms with van der Waals surface area (Å²) >= 11 is 0. The number of hydrogen-bond acceptors (Lipinski definition) is 4. The largest absolute Gasteiger partial charge is 0.357 e. The zero-order chi connectivity index (χ0) is 13.8. The molecule has 5 nitrogen and oxygen atoms in total. The smallest absolute Gasteiger partial charge is 0.241 e. The van der Waals surface area contributed by atoms with E-state index in [1.165, 1.54) is 19.3 Å². The second-order valence-corrected chi connectivity index (χ2v) is 5.59. The predicted octanol–water partition coefficient (Wildman–Crippen LogP) is 1.76. The van der Waals surface area contributed by atoms with E-state index in [2.05, 4.69) is 20.5 Å². The van der Waals surface area contributed by atoms with Crippen LogP contribution in [-0.2, 0) is 4.79 Å². The molecule has 1 atom stereocenters. The summed E-state index contributed by atoms with van der Waals surface area (Å²) in [4.78, 5) is 18.8. The number of piperidine rings is 1. The van der Waals surface area contributed by atoms with Crippen LogP contribution in [0.2, 0.25) is 0 Å². The molecule has 1 aromatic heterocycles. The Labute approximate surface area is 119 Å². The van der Waals surface area contributed by atoms with Crippen LogP contribution in [0.15, 0.2) is 18.3 Å². The van der Waals surface area contributed by atoms with Crippen molar-refractivity contribution in [3.8, 4) is 0 Å². The van der Waals surface area contributed by atoms with Gasteiger partial charge in [0.1, 0.15) is 5.82 Å². The molecule has 1 amide bonds. The van der Waals surface area contributed by atoms with Crippen molar-refractivity contribution in [3.05, 3.63) is 18.3 Å². The molecule has 0 radical (unpaired) electrons. The van der Waals surface area contributed by atoms with Crippen molar-refractivity contribution in [2.45, 2.75) is 38.1 Å². The quantitative estimate of drug-likeness (QED) is 0.882. The normalized spacial score (nSPS) is 22.8. The van der Waals surface area contributed by atoms with Gasteiger partial charge in [0.25, 0.3) is 0 Å². The highest BCUT2D eigenvalue weighted by Gasteiger charge is 2.22. The Hall–Kier alpha value is -1.62. The summed E-state index contributed by atoms with van der Waals surface area (Å²) in [7, 11) is 0. The molecule has 5 heteroatoms. The SMILES string of the molecule is O=C(Nc1ccc(N2CCCCC2)nc1)[C@H]1CCCN1. The van der Waals surface area contributed by atoms with Gasteiger partial charge in [0.05, 0.1) is 17.9 Å². The van der Waals surface area contributed by atoms with Gasteiger partial charge >= 0.3 is 0 Å². The summed E-state index contributed by atoms with van der Waals surface area (Å²) in [5.74, 6) is 1.07. The van der Waals surface area contributed by atoms with Crippen molar-refractivity contribution in [1.82, 2.24) is 10.3 Å². The minimum absolute atomic E-state index is 0.0447. The van der Waals surface area contributed by atoms with E-state index in [1.807, 2.05) is 12.1 Å². The Kier molecular flexibility index (Phi) is 4.16. The van der Waals surface area contributed by atoms with Crippen LogP contribution in [0, 0.1) is 0 Å². The Balaban J connectivity index is 1.59. The molecule has 108 valence electrons. The average molecular weight is 274 g/mol. The zero-order valence-corrected chi connectivity index (χ0v) is 11.8. The van der Waals surface area contributed by atoms with Crippen LogP contribution in [0.4, 0.5) is 11.5 Å². The van der Waals surface area contributed by atoms with Gasteiger partial charge in [-0.1, -0.05) is 0 Å². The van der Waals surface area contributed by atoms with E-state index in [0.29, 0.717) is 0 Å². The number of carbonyl (C=O) groups excluding carboxylic acids is 1. The van der Waals surface area contributed by atoms with E-state index >= 15 is 0 Å². The third kappa shape index (κ3) is 3.10. The molecular formula is C15H22N4O. The minimum Gasteiger partial charge on any atom is -0.357 e. The van der Waals surface area contributed by atoms with Crippen LogP contribution >= 0.6 is 0 Å². The van der Waals surface area contributed by atoms with Gasteiger partial charge in [0, 0.05) is 13.1 Å². The lowest BCUT2D eigenvalue weighted by molar-refractivity contribution is -0.117. The van der Waals surface area contributed by atoms with Crippen LogP contribution in [0.3, 0.4) is 0 Å². The Morgan fingerprint density at radius 1 is 1.25 bits per heavy atom. The Bertz CT molecular complexity index is 447. The summed E-state index contributed by atoms with van der Waals surface area (Å²) < 4.78 is 0. The van der Waals surface area contributed by atoms with Crippen LogP contribution in [0.1, 0.15) is 32.1 Å². The van der Waals surface area contributed by atoms with Gasteiger partial charge in [0.2, 0.25) is 5.91 Å². The number of nitrogens with one attached hydrogen (secondary N) is 2. The highest BCUT2D eigenvalue weighted by atomic mass is 16.2. The number of nitrogens with zero attached hydrogens (tertiary/aromatic N) is 2. The zero-order valence-electron chi connectivity index (χ0n) is 11.8. The van der Waals surface area contributed by atoms with Gasteiger partial charge < -0.3 is 15.5 Å². The van der Waals surface area contributed by atoms with Crippen molar-refractivity contribution in [3.63, 3.8) is 0 Å². The molecule has 2 saturated heterocycles. The molecule has 0 unspecified atom stereocenters. The fraction of sp³-hybridized carbons (Fsp3) is 0.600. The molecule has 3 heterocycles. The van der Waals surface area contributed by atoms with E-state index in [9.17, 15) is 4.79 Å². The second kappa shape index (κ2) is 6.22. The lowest BCUT2D eigenvalue weighted by atomic mass is 10.1. The maximum atomic E-state index is 12.0. The Morgan fingerprint density at radius 3 is 2.75 bits per heavy atom. The third-order valence-electron chi connectivity index (χ3n) is 4.07. The molecule has 0 aliphatic carbocycles. The molecule has 0 bridgehead atoms. The number of pyridine rings is 1. The summed E-state index contributed by atoms with van der Waals surface area (Å²) in [5, 5.41) is 6.13. The van der Waals surface area contributed by atoms with Gasteiger partial charge in [-0.2, -0.15) is 0 Å².